The molecule has 0 bridgehead atoms. The van der Waals surface area contributed by atoms with E-state index < -0.39 is 5.97 Å². The van der Waals surface area contributed by atoms with E-state index in [-0.39, 0.29) is 24.7 Å². The summed E-state index contributed by atoms with van der Waals surface area (Å²) in [6, 6.07) is 20.6. The highest BCUT2D eigenvalue weighted by Gasteiger charge is 2.22. The number of carbonyl (C=O) groups is 2. The zero-order chi connectivity index (χ0) is 36.0. The zero-order valence-corrected chi connectivity index (χ0v) is 29.4. The molecule has 0 heterocycles. The maximum absolute atomic E-state index is 13.6. The van der Waals surface area contributed by atoms with Crippen molar-refractivity contribution < 1.29 is 38.7 Å². The van der Waals surface area contributed by atoms with E-state index in [4.69, 9.17) is 18.9 Å². The van der Waals surface area contributed by atoms with Crippen molar-refractivity contribution in [3.8, 4) is 34.8 Å². The van der Waals surface area contributed by atoms with Crippen LogP contribution in [0, 0.1) is 18.8 Å². The van der Waals surface area contributed by atoms with Gasteiger partial charge >= 0.3 is 5.97 Å². The summed E-state index contributed by atoms with van der Waals surface area (Å²) in [5.74, 6) is 7.03. The van der Waals surface area contributed by atoms with Crippen molar-refractivity contribution in [1.29, 1.82) is 0 Å². The third kappa shape index (κ3) is 9.65. The predicted molar refractivity (Wildman–Crippen MR) is 193 cm³/mol. The van der Waals surface area contributed by atoms with Gasteiger partial charge in [-0.1, -0.05) is 50.5 Å². The maximum atomic E-state index is 13.6. The largest absolute Gasteiger partial charge is 0.496 e. The van der Waals surface area contributed by atoms with Crippen molar-refractivity contribution in [2.45, 2.75) is 59.2 Å². The summed E-state index contributed by atoms with van der Waals surface area (Å²) >= 11 is 0. The van der Waals surface area contributed by atoms with Gasteiger partial charge in [-0.05, 0) is 84.6 Å². The van der Waals surface area contributed by atoms with E-state index in [2.05, 4.69) is 18.8 Å². The third-order valence-electron chi connectivity index (χ3n) is 8.32. The Morgan fingerprint density at radius 3 is 1.94 bits per heavy atom. The lowest BCUT2D eigenvalue weighted by Gasteiger charge is -2.20. The molecule has 4 aromatic rings. The van der Waals surface area contributed by atoms with Gasteiger partial charge in [0, 0.05) is 36.0 Å². The van der Waals surface area contributed by atoms with Crippen LogP contribution >= 0.6 is 0 Å². The van der Waals surface area contributed by atoms with Crippen molar-refractivity contribution in [3.05, 3.63) is 112 Å². The molecular weight excluding hydrogens is 634 g/mol. The average Bonchev–Trinajstić information content (AvgIpc) is 3.14. The van der Waals surface area contributed by atoms with Gasteiger partial charge < -0.3 is 34.1 Å². The number of esters is 1. The second kappa shape index (κ2) is 18.5. The van der Waals surface area contributed by atoms with Gasteiger partial charge in [0.05, 0.1) is 45.2 Å². The van der Waals surface area contributed by atoms with E-state index in [1.807, 2.05) is 24.3 Å². The number of carbonyl (C=O) groups excluding carboxylic acids is 2. The molecule has 1 amide bonds. The van der Waals surface area contributed by atoms with E-state index in [0.717, 1.165) is 24.0 Å². The molecule has 0 aliphatic heterocycles. The lowest BCUT2D eigenvalue weighted by atomic mass is 10.00. The highest BCUT2D eigenvalue weighted by atomic mass is 16.5. The quantitative estimate of drug-likeness (QED) is 0.0585. The molecule has 0 aromatic heterocycles. The van der Waals surface area contributed by atoms with Crippen molar-refractivity contribution in [2.75, 3.05) is 32.8 Å². The minimum atomic E-state index is -0.627. The Labute approximate surface area is 294 Å². The molecule has 4 rings (SSSR count). The average molecular weight is 680 g/mol. The summed E-state index contributed by atoms with van der Waals surface area (Å²) in [5, 5.41) is 19.3. The number of unbranched alkanes of at least 4 members (excludes halogenated alkanes) is 4. The number of hydrogen-bond acceptors (Lipinski definition) is 8. The lowest BCUT2D eigenvalue weighted by molar-refractivity contribution is 0.0730. The van der Waals surface area contributed by atoms with Crippen molar-refractivity contribution in [1.82, 2.24) is 0 Å². The van der Waals surface area contributed by atoms with Gasteiger partial charge in [-0.15, -0.1) is 0 Å². The molecule has 0 saturated carbocycles. The topological polar surface area (TPSA) is 115 Å². The first-order chi connectivity index (χ1) is 24.2. The molecule has 50 heavy (non-hydrogen) atoms. The molecule has 0 unspecified atom stereocenters. The summed E-state index contributed by atoms with van der Waals surface area (Å²) in [4.78, 5) is 27.9. The molecule has 0 fully saturated rings. The second-order valence-electron chi connectivity index (χ2n) is 11.8. The fourth-order valence-electron chi connectivity index (χ4n) is 5.32. The van der Waals surface area contributed by atoms with Gasteiger partial charge in [-0.3, -0.25) is 4.79 Å². The number of aliphatic hydroxyl groups is 2. The number of amides is 1. The van der Waals surface area contributed by atoms with Gasteiger partial charge in [-0.2, -0.15) is 0 Å². The van der Waals surface area contributed by atoms with Crippen molar-refractivity contribution >= 4 is 17.6 Å². The Balaban J connectivity index is 1.40. The second-order valence-corrected chi connectivity index (χ2v) is 11.8. The number of hydrogen-bond donors (Lipinski definition) is 2. The van der Waals surface area contributed by atoms with Crippen LogP contribution < -0.4 is 23.8 Å². The van der Waals surface area contributed by atoms with Crippen LogP contribution in [0.25, 0.3) is 0 Å². The summed E-state index contributed by atoms with van der Waals surface area (Å²) in [5.41, 5.74) is 4.47. The maximum Gasteiger partial charge on any atom is 0.343 e. The van der Waals surface area contributed by atoms with Crippen LogP contribution in [0.2, 0.25) is 0 Å². The van der Waals surface area contributed by atoms with Gasteiger partial charge in [0.15, 0.2) is 11.5 Å². The molecule has 0 aliphatic rings. The van der Waals surface area contributed by atoms with Gasteiger partial charge in [-0.25, -0.2) is 4.79 Å². The van der Waals surface area contributed by atoms with Crippen LogP contribution in [0.3, 0.4) is 0 Å². The van der Waals surface area contributed by atoms with Crippen molar-refractivity contribution in [3.63, 3.8) is 0 Å². The number of aliphatic hydroxyl groups excluding tert-OH is 2. The predicted octanol–water partition coefficient (Wildman–Crippen LogP) is 7.24. The fourth-order valence-corrected chi connectivity index (χ4v) is 5.32. The summed E-state index contributed by atoms with van der Waals surface area (Å²) in [7, 11) is 4.76. The summed E-state index contributed by atoms with van der Waals surface area (Å²) in [6.45, 7) is 3.99. The van der Waals surface area contributed by atoms with Crippen molar-refractivity contribution in [2.24, 2.45) is 0 Å². The Kier molecular flexibility index (Phi) is 13.9. The van der Waals surface area contributed by atoms with Gasteiger partial charge in [0.25, 0.3) is 5.91 Å². The number of nitrogens with zero attached hydrogens (tertiary/aromatic N) is 1. The highest BCUT2D eigenvalue weighted by molar-refractivity contribution is 6.08. The van der Waals surface area contributed by atoms with Crippen LogP contribution in [0.5, 0.6) is 23.0 Å². The molecule has 0 atom stereocenters. The van der Waals surface area contributed by atoms with Gasteiger partial charge in [0.2, 0.25) is 0 Å². The number of methoxy groups -OCH3 is 2. The monoisotopic (exact) mass is 679 g/mol. The van der Waals surface area contributed by atoms with E-state index in [1.165, 1.54) is 31.3 Å². The number of rotatable bonds is 15. The number of aryl methyl sites for hydroxylation is 1. The first-order valence-corrected chi connectivity index (χ1v) is 16.7. The lowest BCUT2D eigenvalue weighted by Crippen LogP contribution is -2.26. The van der Waals surface area contributed by atoms with E-state index in [9.17, 15) is 19.8 Å². The molecule has 2 N–H and O–H groups in total. The first kappa shape index (κ1) is 37.5. The summed E-state index contributed by atoms with van der Waals surface area (Å²) in [6.07, 6.45) is 5.62. The summed E-state index contributed by atoms with van der Waals surface area (Å²) < 4.78 is 22.6. The molecule has 4 aromatic carbocycles. The SMILES string of the molecule is CCCCCCCOc1cc(OC)c(C(=O)N(C)c2ccc(C#Cc3ccc(OC(=O)c4cc(CO)c(C)cc4CO)cc3)cc2)cc1OC. The highest BCUT2D eigenvalue weighted by Crippen LogP contribution is 2.36. The molecule has 9 heteroatoms. The van der Waals surface area contributed by atoms with Crippen LogP contribution in [-0.4, -0.2) is 50.0 Å². The van der Waals surface area contributed by atoms with Crippen LogP contribution in [-0.2, 0) is 13.2 Å². The standard InChI is InChI=1S/C41H45NO8/c1-6-7-8-9-10-21-49-39-25-37(47-4)36(24-38(39)48-5)40(45)42(3)33-17-13-29(14-18-33)11-12-30-15-19-34(20-16-30)50-41(46)35-23-31(26-43)28(2)22-32(35)27-44/h13-20,22-25,43-44H,6-10,21,26-27H2,1-5H3. The van der Waals surface area contributed by atoms with E-state index in [0.29, 0.717) is 57.5 Å². The minimum Gasteiger partial charge on any atom is -0.496 e. The number of ether oxygens (including phenoxy) is 4. The van der Waals surface area contributed by atoms with Crippen LogP contribution in [0.15, 0.2) is 72.8 Å². The van der Waals surface area contributed by atoms with Crippen LogP contribution in [0.4, 0.5) is 5.69 Å². The fraction of sp³-hybridized carbons (Fsp3) is 0.317. The molecule has 0 spiro atoms. The smallest absolute Gasteiger partial charge is 0.343 e. The zero-order valence-electron chi connectivity index (χ0n) is 29.4. The third-order valence-corrected chi connectivity index (χ3v) is 8.32. The first-order valence-electron chi connectivity index (χ1n) is 16.7. The Morgan fingerprint density at radius 2 is 1.34 bits per heavy atom. The Morgan fingerprint density at radius 1 is 0.720 bits per heavy atom. The molecule has 0 saturated heterocycles. The molecular formula is C41H45NO8. The molecule has 0 radical (unpaired) electrons. The number of benzene rings is 4. The van der Waals surface area contributed by atoms with E-state index in [1.54, 1.807) is 69.6 Å². The normalized spacial score (nSPS) is 10.5. The van der Waals surface area contributed by atoms with Crippen LogP contribution in [0.1, 0.15) is 87.6 Å². The molecule has 262 valence electrons. The molecule has 0 aliphatic carbocycles. The minimum absolute atomic E-state index is 0.201. The van der Waals surface area contributed by atoms with E-state index >= 15 is 0 Å². The Hall–Kier alpha value is -5.30. The van der Waals surface area contributed by atoms with Gasteiger partial charge in [0.1, 0.15) is 11.5 Å². The number of anilines is 1. The Bertz CT molecular complexity index is 1820. The molecule has 9 nitrogen and oxygen atoms in total.